The molecule has 1 N–H and O–H groups in total. The van der Waals surface area contributed by atoms with Crippen LogP contribution in [0.3, 0.4) is 0 Å². The van der Waals surface area contributed by atoms with Crippen molar-refractivity contribution < 1.29 is 8.42 Å². The van der Waals surface area contributed by atoms with Gasteiger partial charge in [-0.25, -0.2) is 8.42 Å². The number of sulfone groups is 1. The van der Waals surface area contributed by atoms with Crippen LogP contribution in [0.5, 0.6) is 0 Å². The topological polar surface area (TPSA) is 64.0 Å². The molecule has 0 radical (unpaired) electrons. The Balaban J connectivity index is 2.18. The van der Waals surface area contributed by atoms with Crippen molar-refractivity contribution >= 4 is 9.84 Å². The summed E-state index contributed by atoms with van der Waals surface area (Å²) in [6, 6.07) is 2.18. The second-order valence-electron chi connectivity index (χ2n) is 5.52. The molecule has 0 amide bonds. The van der Waals surface area contributed by atoms with Crippen LogP contribution in [0.2, 0.25) is 0 Å². The zero-order valence-corrected chi connectivity index (χ0v) is 12.7. The van der Waals surface area contributed by atoms with Gasteiger partial charge >= 0.3 is 0 Å². The third-order valence-electron chi connectivity index (χ3n) is 4.23. The third-order valence-corrected chi connectivity index (χ3v) is 5.87. The van der Waals surface area contributed by atoms with Crippen molar-refractivity contribution in [1.82, 2.24) is 15.1 Å². The Morgan fingerprint density at radius 2 is 2.21 bits per heavy atom. The highest BCUT2D eigenvalue weighted by Gasteiger charge is 2.33. The summed E-state index contributed by atoms with van der Waals surface area (Å²) < 4.78 is 25.4. The molecule has 2 rings (SSSR count). The molecule has 0 saturated heterocycles. The number of hydrogen-bond acceptors (Lipinski definition) is 4. The van der Waals surface area contributed by atoms with Crippen LogP contribution in [0.15, 0.2) is 12.3 Å². The second kappa shape index (κ2) is 5.63. The smallest absolute Gasteiger partial charge is 0.150 e. The van der Waals surface area contributed by atoms with Crippen LogP contribution in [0.4, 0.5) is 0 Å². The molecular formula is C13H23N3O2S. The maximum Gasteiger partial charge on any atom is 0.150 e. The molecule has 5 nitrogen and oxygen atoms in total. The van der Waals surface area contributed by atoms with E-state index in [0.717, 1.165) is 31.4 Å². The molecule has 19 heavy (non-hydrogen) atoms. The summed E-state index contributed by atoms with van der Waals surface area (Å²) in [5, 5.41) is 7.35. The maximum absolute atomic E-state index is 11.8. The SMILES string of the molecule is CNC(c1ccnn1C)C1CCCC(S(C)(=O)=O)C1. The molecule has 1 saturated carbocycles. The minimum Gasteiger partial charge on any atom is -0.311 e. The normalized spacial score (nSPS) is 26.3. The summed E-state index contributed by atoms with van der Waals surface area (Å²) in [4.78, 5) is 0. The summed E-state index contributed by atoms with van der Waals surface area (Å²) in [7, 11) is 0.930. The Labute approximate surface area is 115 Å². The van der Waals surface area contributed by atoms with E-state index in [9.17, 15) is 8.42 Å². The summed E-state index contributed by atoms with van der Waals surface area (Å²) in [6.07, 6.45) is 6.75. The highest BCUT2D eigenvalue weighted by molar-refractivity contribution is 7.91. The minimum atomic E-state index is -2.93. The van der Waals surface area contributed by atoms with Crippen LogP contribution in [0.1, 0.15) is 37.4 Å². The van der Waals surface area contributed by atoms with Gasteiger partial charge < -0.3 is 5.32 Å². The Kier molecular flexibility index (Phi) is 4.30. The highest BCUT2D eigenvalue weighted by Crippen LogP contribution is 2.36. The zero-order chi connectivity index (χ0) is 14.0. The first kappa shape index (κ1) is 14.5. The van der Waals surface area contributed by atoms with E-state index in [1.165, 1.54) is 6.26 Å². The molecule has 3 unspecified atom stereocenters. The largest absolute Gasteiger partial charge is 0.311 e. The first-order valence-electron chi connectivity index (χ1n) is 6.77. The predicted octanol–water partition coefficient (Wildman–Crippen LogP) is 1.28. The molecule has 6 heteroatoms. The maximum atomic E-state index is 11.8. The monoisotopic (exact) mass is 285 g/mol. The van der Waals surface area contributed by atoms with E-state index < -0.39 is 9.84 Å². The number of nitrogens with one attached hydrogen (secondary N) is 1. The van der Waals surface area contributed by atoms with Crippen molar-refractivity contribution in [3.05, 3.63) is 18.0 Å². The Morgan fingerprint density at radius 3 is 2.74 bits per heavy atom. The van der Waals surface area contributed by atoms with Gasteiger partial charge in [0, 0.05) is 19.5 Å². The van der Waals surface area contributed by atoms with Gasteiger partial charge in [0.15, 0.2) is 0 Å². The van der Waals surface area contributed by atoms with Gasteiger partial charge in [-0.05, 0) is 38.3 Å². The predicted molar refractivity (Wildman–Crippen MR) is 75.6 cm³/mol. The lowest BCUT2D eigenvalue weighted by Crippen LogP contribution is -2.35. The molecule has 0 aromatic carbocycles. The molecule has 1 aromatic rings. The third kappa shape index (κ3) is 3.17. The van der Waals surface area contributed by atoms with E-state index in [1.54, 1.807) is 6.20 Å². The Morgan fingerprint density at radius 1 is 1.47 bits per heavy atom. The van der Waals surface area contributed by atoms with Crippen molar-refractivity contribution in [2.75, 3.05) is 13.3 Å². The molecule has 1 aliphatic rings. The molecule has 1 aromatic heterocycles. The van der Waals surface area contributed by atoms with Crippen LogP contribution in [-0.2, 0) is 16.9 Å². The van der Waals surface area contributed by atoms with Crippen molar-refractivity contribution in [3.63, 3.8) is 0 Å². The molecule has 0 spiro atoms. The quantitative estimate of drug-likeness (QED) is 0.905. The molecule has 1 heterocycles. The van der Waals surface area contributed by atoms with Gasteiger partial charge in [-0.15, -0.1) is 0 Å². The summed E-state index contributed by atoms with van der Waals surface area (Å²) >= 11 is 0. The van der Waals surface area contributed by atoms with E-state index in [0.29, 0.717) is 5.92 Å². The van der Waals surface area contributed by atoms with Crippen LogP contribution >= 0.6 is 0 Å². The van der Waals surface area contributed by atoms with Crippen LogP contribution in [-0.4, -0.2) is 36.8 Å². The van der Waals surface area contributed by atoms with E-state index >= 15 is 0 Å². The standard InChI is InChI=1S/C13H23N3O2S/c1-14-13(12-7-8-15-16(12)2)10-5-4-6-11(9-10)19(3,17)18/h7-8,10-11,13-14H,4-6,9H2,1-3H3. The van der Waals surface area contributed by atoms with Gasteiger partial charge in [-0.3, -0.25) is 4.68 Å². The first-order valence-corrected chi connectivity index (χ1v) is 8.73. The van der Waals surface area contributed by atoms with Gasteiger partial charge in [-0.1, -0.05) is 6.42 Å². The molecule has 0 aliphatic heterocycles. The van der Waals surface area contributed by atoms with E-state index in [2.05, 4.69) is 10.4 Å². The van der Waals surface area contributed by atoms with E-state index in [4.69, 9.17) is 0 Å². The van der Waals surface area contributed by atoms with Crippen molar-refractivity contribution in [2.24, 2.45) is 13.0 Å². The summed E-state index contributed by atoms with van der Waals surface area (Å²) in [5.74, 6) is 0.355. The van der Waals surface area contributed by atoms with Crippen molar-refractivity contribution in [2.45, 2.75) is 37.0 Å². The fourth-order valence-electron chi connectivity index (χ4n) is 3.19. The summed E-state index contributed by atoms with van der Waals surface area (Å²) in [6.45, 7) is 0. The van der Waals surface area contributed by atoms with Crippen molar-refractivity contribution in [3.8, 4) is 0 Å². The number of aryl methyl sites for hydroxylation is 1. The zero-order valence-electron chi connectivity index (χ0n) is 11.8. The molecule has 0 bridgehead atoms. The first-order chi connectivity index (χ1) is 8.93. The van der Waals surface area contributed by atoms with Gasteiger partial charge in [0.1, 0.15) is 9.84 Å². The number of nitrogens with zero attached hydrogens (tertiary/aromatic N) is 2. The van der Waals surface area contributed by atoms with E-state index in [-0.39, 0.29) is 11.3 Å². The van der Waals surface area contributed by atoms with Crippen LogP contribution < -0.4 is 5.32 Å². The molecule has 1 fully saturated rings. The lowest BCUT2D eigenvalue weighted by molar-refractivity contribution is 0.274. The number of aromatic nitrogens is 2. The molecule has 1 aliphatic carbocycles. The van der Waals surface area contributed by atoms with Gasteiger partial charge in [0.2, 0.25) is 0 Å². The fraction of sp³-hybridized carbons (Fsp3) is 0.769. The Hall–Kier alpha value is -0.880. The summed E-state index contributed by atoms with van der Waals surface area (Å²) in [5.41, 5.74) is 1.13. The fourth-order valence-corrected chi connectivity index (χ4v) is 4.38. The average Bonchev–Trinajstić information content (AvgIpc) is 2.76. The van der Waals surface area contributed by atoms with Crippen molar-refractivity contribution in [1.29, 1.82) is 0 Å². The molecule has 108 valence electrons. The van der Waals surface area contributed by atoms with Gasteiger partial charge in [0.05, 0.1) is 17.0 Å². The number of hydrogen-bond donors (Lipinski definition) is 1. The number of rotatable bonds is 4. The molecule has 3 atom stereocenters. The minimum absolute atomic E-state index is 0.178. The van der Waals surface area contributed by atoms with E-state index in [1.807, 2.05) is 24.8 Å². The van der Waals surface area contributed by atoms with Crippen LogP contribution in [0, 0.1) is 5.92 Å². The lowest BCUT2D eigenvalue weighted by Gasteiger charge is -2.33. The van der Waals surface area contributed by atoms with Crippen LogP contribution in [0.25, 0.3) is 0 Å². The average molecular weight is 285 g/mol. The Bertz CT molecular complexity index is 524. The highest BCUT2D eigenvalue weighted by atomic mass is 32.2. The van der Waals surface area contributed by atoms with Gasteiger partial charge in [-0.2, -0.15) is 5.10 Å². The van der Waals surface area contributed by atoms with Gasteiger partial charge in [0.25, 0.3) is 0 Å². The molecular weight excluding hydrogens is 262 g/mol. The lowest BCUT2D eigenvalue weighted by atomic mass is 9.82. The second-order valence-corrected chi connectivity index (χ2v) is 7.85.